The van der Waals surface area contributed by atoms with Crippen molar-refractivity contribution < 1.29 is 19.7 Å². The molecule has 0 spiro atoms. The molecule has 0 atom stereocenters. The first-order chi connectivity index (χ1) is 5.35. The van der Waals surface area contributed by atoms with E-state index in [9.17, 15) is 5.26 Å². The Morgan fingerprint density at radius 1 is 1.45 bits per heavy atom. The molecule has 66 valence electrons. The van der Waals surface area contributed by atoms with E-state index in [2.05, 4.69) is 9.31 Å². The van der Waals surface area contributed by atoms with Crippen LogP contribution in [-0.4, -0.2) is 24.8 Å². The van der Waals surface area contributed by atoms with Crippen LogP contribution in [0.25, 0.3) is 0 Å². The number of methoxy groups -OCH3 is 1. The number of rotatable bonds is 5. The molecule has 0 aromatic carbocycles. The zero-order valence-electron chi connectivity index (χ0n) is 6.71. The predicted octanol–water partition coefficient (Wildman–Crippen LogP) is -0.477. The minimum atomic E-state index is 0.114. The lowest BCUT2D eigenvalue weighted by Gasteiger charge is -1.94. The second kappa shape index (κ2) is 7.34. The molecule has 0 aliphatic heterocycles. The highest BCUT2D eigenvalue weighted by Crippen LogP contribution is 1.99. The average Bonchev–Trinajstić information content (AvgIpc) is 2.05. The largest absolute Gasteiger partial charge is 0.588 e. The fourth-order valence-electron chi connectivity index (χ4n) is 0.736. The summed E-state index contributed by atoms with van der Waals surface area (Å²) in [6.45, 7) is 0.195. The van der Waals surface area contributed by atoms with E-state index in [1.54, 1.807) is 0 Å². The maximum atomic E-state index is 9.81. The van der Waals surface area contributed by atoms with E-state index in [0.29, 0.717) is 6.42 Å². The third kappa shape index (κ3) is 5.66. The van der Waals surface area contributed by atoms with Crippen molar-refractivity contribution in [1.29, 1.82) is 0 Å². The number of aliphatic hydroxyl groups is 1. The van der Waals surface area contributed by atoms with Crippen molar-refractivity contribution in [3.8, 4) is 0 Å². The fraction of sp³-hybridized carbons (Fsp3) is 0.857. The molecule has 11 heavy (non-hydrogen) atoms. The molecule has 0 saturated carbocycles. The molecule has 4 heteroatoms. The quantitative estimate of drug-likeness (QED) is 0.195. The predicted molar refractivity (Wildman–Crippen MR) is 37.6 cm³/mol. The lowest BCUT2D eigenvalue weighted by molar-refractivity contribution is -1.05. The maximum absolute atomic E-state index is 9.81. The van der Waals surface area contributed by atoms with Gasteiger partial charge in [-0.05, 0) is 12.8 Å². The number of esters is 1. The summed E-state index contributed by atoms with van der Waals surface area (Å²) >= 11 is 0. The monoisotopic (exact) mass is 162 g/mol. The van der Waals surface area contributed by atoms with Crippen LogP contribution in [0.1, 0.15) is 25.7 Å². The molecule has 0 rings (SSSR count). The summed E-state index contributed by atoms with van der Waals surface area (Å²) < 4.78 is 8.26. The van der Waals surface area contributed by atoms with Crippen LogP contribution in [0.4, 0.5) is 0 Å². The molecule has 0 heterocycles. The molecular formula is C7H14O4. The summed E-state index contributed by atoms with van der Waals surface area (Å²) in [5, 5.41) is 18.2. The van der Waals surface area contributed by atoms with Crippen molar-refractivity contribution in [2.75, 3.05) is 13.7 Å². The second-order valence-corrected chi connectivity index (χ2v) is 2.19. The first kappa shape index (κ1) is 10.2. The van der Waals surface area contributed by atoms with Crippen molar-refractivity contribution in [3.05, 3.63) is 0 Å². The lowest BCUT2D eigenvalue weighted by Crippen LogP contribution is -2.11. The molecule has 4 nitrogen and oxygen atoms in total. The first-order valence-corrected chi connectivity index (χ1v) is 3.65. The van der Waals surface area contributed by atoms with E-state index >= 15 is 0 Å². The summed E-state index contributed by atoms with van der Waals surface area (Å²) in [4.78, 5) is 0. The Morgan fingerprint density at radius 3 is 2.64 bits per heavy atom. The van der Waals surface area contributed by atoms with Gasteiger partial charge in [-0.1, -0.05) is 6.42 Å². The summed E-state index contributed by atoms with van der Waals surface area (Å²) in [6.07, 6.45) is 2.97. The summed E-state index contributed by atoms with van der Waals surface area (Å²) in [6, 6.07) is 0. The van der Waals surface area contributed by atoms with Gasteiger partial charge in [-0.2, -0.15) is 0 Å². The van der Waals surface area contributed by atoms with Gasteiger partial charge in [0.05, 0.1) is 0 Å². The van der Waals surface area contributed by atoms with Crippen LogP contribution < -0.4 is 5.26 Å². The Kier molecular flexibility index (Phi) is 6.82. The Balaban J connectivity index is 3.22. The van der Waals surface area contributed by atoms with E-state index in [1.807, 2.05) is 0 Å². The zero-order valence-corrected chi connectivity index (χ0v) is 6.71. The Bertz CT molecular complexity index is 111. The van der Waals surface area contributed by atoms with E-state index in [0.717, 1.165) is 19.3 Å². The molecule has 0 bridgehead atoms. The fourth-order valence-corrected chi connectivity index (χ4v) is 0.736. The molecule has 1 N–H and O–H groups in total. The number of ether oxygens (including phenoxy) is 1. The topological polar surface area (TPSA) is 63.8 Å². The van der Waals surface area contributed by atoms with Gasteiger partial charge in [0.1, 0.15) is 6.42 Å². The van der Waals surface area contributed by atoms with Gasteiger partial charge in [0.25, 0.3) is 0 Å². The minimum Gasteiger partial charge on any atom is -0.588 e. The van der Waals surface area contributed by atoms with Crippen molar-refractivity contribution in [2.24, 2.45) is 0 Å². The first-order valence-electron chi connectivity index (χ1n) is 3.65. The summed E-state index contributed by atoms with van der Waals surface area (Å²) in [7, 11) is 1.40. The molecule has 0 fully saturated rings. The third-order valence-corrected chi connectivity index (χ3v) is 1.36. The Hall–Kier alpha value is -0.770. The van der Waals surface area contributed by atoms with E-state index in [4.69, 9.17) is 5.11 Å². The highest BCUT2D eigenvalue weighted by atomic mass is 17.1. The number of aliphatic hydroxyl groups excluding tert-OH is 1. The Morgan fingerprint density at radius 2 is 2.18 bits per heavy atom. The molecule has 0 aromatic heterocycles. The highest BCUT2D eigenvalue weighted by molar-refractivity contribution is 5.69. The Labute approximate surface area is 66.0 Å². The van der Waals surface area contributed by atoms with Gasteiger partial charge >= 0.3 is 5.97 Å². The maximum Gasteiger partial charge on any atom is 0.496 e. The highest BCUT2D eigenvalue weighted by Gasteiger charge is 2.08. The van der Waals surface area contributed by atoms with Crippen LogP contribution in [-0.2, 0) is 9.31 Å². The van der Waals surface area contributed by atoms with Gasteiger partial charge < -0.3 is 15.1 Å². The van der Waals surface area contributed by atoms with Gasteiger partial charge in [-0.3, -0.25) is 4.58 Å². The smallest absolute Gasteiger partial charge is 0.496 e. The molecule has 0 saturated heterocycles. The van der Waals surface area contributed by atoms with Gasteiger partial charge in [0, 0.05) is 6.61 Å². The molecular weight excluding hydrogens is 148 g/mol. The van der Waals surface area contributed by atoms with Gasteiger partial charge in [-0.25, -0.2) is 0 Å². The second-order valence-electron chi connectivity index (χ2n) is 2.19. The van der Waals surface area contributed by atoms with Crippen LogP contribution >= 0.6 is 0 Å². The van der Waals surface area contributed by atoms with E-state index in [1.165, 1.54) is 7.11 Å². The number of hydrogen-bond acceptors (Lipinski definition) is 3. The van der Waals surface area contributed by atoms with Crippen LogP contribution in [0.15, 0.2) is 0 Å². The average molecular weight is 162 g/mol. The molecule has 0 aromatic rings. The van der Waals surface area contributed by atoms with E-state index < -0.39 is 0 Å². The van der Waals surface area contributed by atoms with Gasteiger partial charge in [-0.15, -0.1) is 0 Å². The van der Waals surface area contributed by atoms with Gasteiger partial charge in [0.2, 0.25) is 0 Å². The number of unbranched alkanes of at least 4 members (excludes halogenated alkanes) is 2. The molecule has 0 aliphatic rings. The van der Waals surface area contributed by atoms with Crippen LogP contribution in [0.2, 0.25) is 0 Å². The molecule has 0 radical (unpaired) electrons. The van der Waals surface area contributed by atoms with Crippen LogP contribution in [0, 0.1) is 0 Å². The minimum absolute atomic E-state index is 0.114. The normalized spacial score (nSPS) is 11.6. The third-order valence-electron chi connectivity index (χ3n) is 1.36. The summed E-state index contributed by atoms with van der Waals surface area (Å²) in [5.41, 5.74) is 0. The van der Waals surface area contributed by atoms with Crippen LogP contribution in [0.3, 0.4) is 0 Å². The van der Waals surface area contributed by atoms with Crippen molar-refractivity contribution in [2.45, 2.75) is 25.7 Å². The van der Waals surface area contributed by atoms with Crippen molar-refractivity contribution >= 4 is 5.97 Å². The number of hydrogen-bond donors (Lipinski definition) is 1. The molecule has 0 amide bonds. The lowest BCUT2D eigenvalue weighted by atomic mass is 10.2. The molecule has 0 unspecified atom stereocenters. The van der Waals surface area contributed by atoms with Crippen molar-refractivity contribution in [1.82, 2.24) is 0 Å². The zero-order chi connectivity index (χ0) is 8.53. The number of carbonyl (C=O) groups excluding carboxylic acids is 1. The van der Waals surface area contributed by atoms with Crippen molar-refractivity contribution in [3.63, 3.8) is 0 Å². The van der Waals surface area contributed by atoms with E-state index in [-0.39, 0.29) is 12.6 Å². The SMILES string of the molecule is COC(CCCCCO)=[O+][O-]. The van der Waals surface area contributed by atoms with Gasteiger partial charge in [0.15, 0.2) is 7.11 Å². The molecule has 0 aliphatic carbocycles. The van der Waals surface area contributed by atoms with Crippen LogP contribution in [0.5, 0.6) is 0 Å². The standard InChI is InChI=1S/C7H14O4/c1-10-7(11-9)5-3-2-4-6-8/h8H,2-6H2,1H3. The summed E-state index contributed by atoms with van der Waals surface area (Å²) in [5.74, 6) is 0.114.